The fourth-order valence-electron chi connectivity index (χ4n) is 1.98. The average molecular weight is 281 g/mol. The van der Waals surface area contributed by atoms with Crippen LogP contribution in [-0.4, -0.2) is 22.5 Å². The molecule has 4 heteroatoms. The smallest absolute Gasteiger partial charge is 0.237 e. The summed E-state index contributed by atoms with van der Waals surface area (Å²) in [7, 11) is 0. The van der Waals surface area contributed by atoms with E-state index in [1.807, 2.05) is 40.0 Å². The van der Waals surface area contributed by atoms with E-state index in [2.05, 4.69) is 5.32 Å². The molecule has 1 unspecified atom stereocenters. The zero-order valence-electron chi connectivity index (χ0n) is 12.3. The standard InChI is InChI=1S/C15H23NO2S/c1-6-14(19-5)15(18)16-12-8-11(9(2)3)13(17)7-10(12)4/h7-9,14,17H,6H2,1-5H3,(H,16,18). The highest BCUT2D eigenvalue weighted by molar-refractivity contribution is 7.99. The van der Waals surface area contributed by atoms with E-state index in [0.717, 1.165) is 23.2 Å². The molecule has 0 aliphatic carbocycles. The van der Waals surface area contributed by atoms with Crippen molar-refractivity contribution < 1.29 is 9.90 Å². The van der Waals surface area contributed by atoms with Crippen molar-refractivity contribution in [3.8, 4) is 5.75 Å². The van der Waals surface area contributed by atoms with E-state index in [4.69, 9.17) is 0 Å². The van der Waals surface area contributed by atoms with Crippen LogP contribution in [0.1, 0.15) is 44.2 Å². The molecule has 0 aromatic heterocycles. The third-order valence-corrected chi connectivity index (χ3v) is 4.32. The molecule has 0 spiro atoms. The van der Waals surface area contributed by atoms with Crippen LogP contribution in [-0.2, 0) is 4.79 Å². The second kappa shape index (κ2) is 6.85. The number of hydrogen-bond acceptors (Lipinski definition) is 3. The predicted molar refractivity (Wildman–Crippen MR) is 83.2 cm³/mol. The van der Waals surface area contributed by atoms with Gasteiger partial charge in [-0.05, 0) is 48.8 Å². The molecule has 0 saturated heterocycles. The van der Waals surface area contributed by atoms with Crippen LogP contribution in [0.4, 0.5) is 5.69 Å². The number of phenols is 1. The van der Waals surface area contributed by atoms with E-state index in [9.17, 15) is 9.90 Å². The van der Waals surface area contributed by atoms with E-state index in [-0.39, 0.29) is 17.1 Å². The molecule has 1 amide bonds. The molecule has 0 bridgehead atoms. The minimum Gasteiger partial charge on any atom is -0.508 e. The van der Waals surface area contributed by atoms with Gasteiger partial charge in [0.1, 0.15) is 5.75 Å². The SMILES string of the molecule is CCC(SC)C(=O)Nc1cc(C(C)C)c(O)cc1C. The van der Waals surface area contributed by atoms with Gasteiger partial charge in [-0.2, -0.15) is 11.8 Å². The highest BCUT2D eigenvalue weighted by Gasteiger charge is 2.17. The molecule has 2 N–H and O–H groups in total. The number of carbonyl (C=O) groups excluding carboxylic acids is 1. The number of anilines is 1. The lowest BCUT2D eigenvalue weighted by atomic mass is 9.99. The Hall–Kier alpha value is -1.16. The molecule has 0 aliphatic rings. The topological polar surface area (TPSA) is 49.3 Å². The number of benzene rings is 1. The van der Waals surface area contributed by atoms with Gasteiger partial charge < -0.3 is 10.4 Å². The second-order valence-corrected chi connectivity index (χ2v) is 6.04. The van der Waals surface area contributed by atoms with Gasteiger partial charge in [-0.15, -0.1) is 0 Å². The summed E-state index contributed by atoms with van der Waals surface area (Å²) in [6.07, 6.45) is 2.75. The Morgan fingerprint density at radius 2 is 2.05 bits per heavy atom. The summed E-state index contributed by atoms with van der Waals surface area (Å²) in [6.45, 7) is 7.93. The van der Waals surface area contributed by atoms with Gasteiger partial charge in [-0.3, -0.25) is 4.79 Å². The van der Waals surface area contributed by atoms with Gasteiger partial charge >= 0.3 is 0 Å². The van der Waals surface area contributed by atoms with Crippen LogP contribution in [0.15, 0.2) is 12.1 Å². The van der Waals surface area contributed by atoms with E-state index in [0.29, 0.717) is 5.75 Å². The highest BCUT2D eigenvalue weighted by Crippen LogP contribution is 2.31. The monoisotopic (exact) mass is 281 g/mol. The van der Waals surface area contributed by atoms with Crippen LogP contribution in [0.25, 0.3) is 0 Å². The van der Waals surface area contributed by atoms with Gasteiger partial charge in [0.2, 0.25) is 5.91 Å². The van der Waals surface area contributed by atoms with E-state index in [1.54, 1.807) is 17.8 Å². The minimum absolute atomic E-state index is 0.0264. The number of aryl methyl sites for hydroxylation is 1. The lowest BCUT2D eigenvalue weighted by Gasteiger charge is -2.17. The molecule has 0 saturated carbocycles. The van der Waals surface area contributed by atoms with Crippen LogP contribution in [0, 0.1) is 6.92 Å². The first-order chi connectivity index (χ1) is 8.90. The van der Waals surface area contributed by atoms with Crippen molar-refractivity contribution in [3.63, 3.8) is 0 Å². The van der Waals surface area contributed by atoms with Crippen LogP contribution in [0.2, 0.25) is 0 Å². The fraction of sp³-hybridized carbons (Fsp3) is 0.533. The van der Waals surface area contributed by atoms with E-state index in [1.165, 1.54) is 0 Å². The molecule has 0 fully saturated rings. The predicted octanol–water partition coefficient (Wildman–Crippen LogP) is 3.90. The molecular formula is C15H23NO2S. The maximum atomic E-state index is 12.1. The Morgan fingerprint density at radius 1 is 1.42 bits per heavy atom. The molecule has 19 heavy (non-hydrogen) atoms. The lowest BCUT2D eigenvalue weighted by Crippen LogP contribution is -2.24. The van der Waals surface area contributed by atoms with Crippen molar-refractivity contribution in [2.45, 2.75) is 45.3 Å². The van der Waals surface area contributed by atoms with Gasteiger partial charge in [-0.25, -0.2) is 0 Å². The van der Waals surface area contributed by atoms with Gasteiger partial charge in [0.05, 0.1) is 5.25 Å². The van der Waals surface area contributed by atoms with Crippen molar-refractivity contribution in [2.75, 3.05) is 11.6 Å². The summed E-state index contributed by atoms with van der Waals surface area (Å²) in [5.41, 5.74) is 2.53. The maximum Gasteiger partial charge on any atom is 0.237 e. The Bertz CT molecular complexity index is 454. The number of rotatable bonds is 5. The number of hydrogen-bond donors (Lipinski definition) is 2. The molecule has 3 nitrogen and oxygen atoms in total. The molecular weight excluding hydrogens is 258 g/mol. The Morgan fingerprint density at radius 3 is 2.53 bits per heavy atom. The fourth-order valence-corrected chi connectivity index (χ4v) is 2.59. The molecule has 0 aliphatic heterocycles. The summed E-state index contributed by atoms with van der Waals surface area (Å²) in [5.74, 6) is 0.541. The first-order valence-corrected chi connectivity index (χ1v) is 7.86. The van der Waals surface area contributed by atoms with Gasteiger partial charge in [-0.1, -0.05) is 20.8 Å². The number of phenolic OH excluding ortho intramolecular Hbond substituents is 1. The second-order valence-electron chi connectivity index (χ2n) is 5.00. The van der Waals surface area contributed by atoms with Crippen molar-refractivity contribution >= 4 is 23.4 Å². The van der Waals surface area contributed by atoms with Crippen LogP contribution >= 0.6 is 11.8 Å². The first-order valence-electron chi connectivity index (χ1n) is 6.57. The van der Waals surface area contributed by atoms with Crippen LogP contribution < -0.4 is 5.32 Å². The average Bonchev–Trinajstić information content (AvgIpc) is 2.33. The summed E-state index contributed by atoms with van der Waals surface area (Å²) in [5, 5.41) is 12.8. The number of carbonyl (C=O) groups is 1. The molecule has 0 radical (unpaired) electrons. The number of aromatic hydroxyl groups is 1. The lowest BCUT2D eigenvalue weighted by molar-refractivity contribution is -0.115. The number of nitrogens with one attached hydrogen (secondary N) is 1. The van der Waals surface area contributed by atoms with Crippen molar-refractivity contribution in [1.82, 2.24) is 0 Å². The molecule has 106 valence electrons. The zero-order chi connectivity index (χ0) is 14.6. The quantitative estimate of drug-likeness (QED) is 0.805. The van der Waals surface area contributed by atoms with E-state index < -0.39 is 0 Å². The van der Waals surface area contributed by atoms with Crippen molar-refractivity contribution in [1.29, 1.82) is 0 Å². The molecule has 1 aromatic carbocycles. The van der Waals surface area contributed by atoms with E-state index >= 15 is 0 Å². The van der Waals surface area contributed by atoms with Crippen molar-refractivity contribution in [2.24, 2.45) is 0 Å². The van der Waals surface area contributed by atoms with Crippen LogP contribution in [0.5, 0.6) is 5.75 Å². The van der Waals surface area contributed by atoms with Gasteiger partial charge in [0, 0.05) is 5.69 Å². The minimum atomic E-state index is -0.0318. The van der Waals surface area contributed by atoms with Crippen LogP contribution in [0.3, 0.4) is 0 Å². The Labute approximate surface area is 119 Å². The zero-order valence-corrected chi connectivity index (χ0v) is 13.1. The molecule has 0 heterocycles. The van der Waals surface area contributed by atoms with Gasteiger partial charge in [0.25, 0.3) is 0 Å². The largest absolute Gasteiger partial charge is 0.508 e. The maximum absolute atomic E-state index is 12.1. The van der Waals surface area contributed by atoms with Gasteiger partial charge in [0.15, 0.2) is 0 Å². The summed E-state index contributed by atoms with van der Waals surface area (Å²) < 4.78 is 0. The third kappa shape index (κ3) is 3.90. The molecule has 1 rings (SSSR count). The summed E-state index contributed by atoms with van der Waals surface area (Å²) in [4.78, 5) is 12.1. The summed E-state index contributed by atoms with van der Waals surface area (Å²) in [6, 6.07) is 3.59. The molecule has 1 atom stereocenters. The van der Waals surface area contributed by atoms with Crippen molar-refractivity contribution in [3.05, 3.63) is 23.3 Å². The Balaban J connectivity index is 3.01. The number of amides is 1. The highest BCUT2D eigenvalue weighted by atomic mass is 32.2. The molecule has 1 aromatic rings. The normalized spacial score (nSPS) is 12.5. The Kier molecular flexibility index (Phi) is 5.73. The number of thioether (sulfide) groups is 1. The third-order valence-electron chi connectivity index (χ3n) is 3.20. The summed E-state index contributed by atoms with van der Waals surface area (Å²) >= 11 is 1.56. The first kappa shape index (κ1) is 15.9.